The summed E-state index contributed by atoms with van der Waals surface area (Å²) in [5.74, 6) is 0.00660. The minimum atomic E-state index is -4.78. The van der Waals surface area contributed by atoms with Gasteiger partial charge in [0.15, 0.2) is 5.82 Å². The van der Waals surface area contributed by atoms with E-state index in [9.17, 15) is 18.0 Å². The van der Waals surface area contributed by atoms with Crippen LogP contribution in [0.3, 0.4) is 0 Å². The number of hydrogen-bond acceptors (Lipinski definition) is 10. The van der Waals surface area contributed by atoms with Crippen molar-refractivity contribution < 1.29 is 51.1 Å². The van der Waals surface area contributed by atoms with E-state index in [0.29, 0.717) is 29.4 Å². The molecule has 1 aromatic heterocycles. The first-order valence-corrected chi connectivity index (χ1v) is 13.3. The zero-order valence-electron chi connectivity index (χ0n) is 24.2. The minimum Gasteiger partial charge on any atom is -0.416 e. The Morgan fingerprint density at radius 2 is 1.67 bits per heavy atom. The molecule has 1 fully saturated rings. The molecule has 2 heterocycles. The number of halogens is 3. The monoisotopic (exact) mass is 610 g/mol. The first-order valence-electron chi connectivity index (χ1n) is 13.3. The molecular weight excluding hydrogens is 577 g/mol. The molecule has 0 unspecified atom stereocenters. The first kappa shape index (κ1) is 32.2. The maximum absolute atomic E-state index is 13.3. The predicted octanol–water partition coefficient (Wildman–Crippen LogP) is 4.56. The van der Waals surface area contributed by atoms with E-state index in [1.807, 2.05) is 6.92 Å². The topological polar surface area (TPSA) is 116 Å². The summed E-state index contributed by atoms with van der Waals surface area (Å²) < 4.78 is 76.5. The molecule has 43 heavy (non-hydrogen) atoms. The number of anilines is 1. The van der Waals surface area contributed by atoms with Crippen molar-refractivity contribution in [1.82, 2.24) is 14.8 Å². The summed E-state index contributed by atoms with van der Waals surface area (Å²) in [6, 6.07) is 12.0. The number of aromatic nitrogens is 3. The van der Waals surface area contributed by atoms with E-state index in [1.165, 1.54) is 54.4 Å². The molecule has 3 aromatic rings. The third kappa shape index (κ3) is 7.80. The molecule has 234 valence electrons. The maximum Gasteiger partial charge on any atom is 0.573 e. The summed E-state index contributed by atoms with van der Waals surface area (Å²) in [4.78, 5) is 18.9. The highest BCUT2D eigenvalue weighted by molar-refractivity contribution is 5.87. The number of amides is 1. The Morgan fingerprint density at radius 1 is 1.00 bits per heavy atom. The smallest absolute Gasteiger partial charge is 0.416 e. The lowest BCUT2D eigenvalue weighted by Crippen LogP contribution is -2.60. The molecule has 4 rings (SSSR count). The minimum absolute atomic E-state index is 0.116. The van der Waals surface area contributed by atoms with E-state index in [-0.39, 0.29) is 12.5 Å². The van der Waals surface area contributed by atoms with Gasteiger partial charge in [-0.05, 0) is 62.4 Å². The van der Waals surface area contributed by atoms with Crippen molar-refractivity contribution in [2.75, 3.05) is 39.6 Å². The van der Waals surface area contributed by atoms with Crippen LogP contribution in [0.1, 0.15) is 13.8 Å². The van der Waals surface area contributed by atoms with E-state index < -0.39 is 43.2 Å². The Balaban J connectivity index is 1.47. The molecule has 1 aliphatic rings. The highest BCUT2D eigenvalue weighted by atomic mass is 19.4. The normalized spacial score (nSPS) is 22.3. The highest BCUT2D eigenvalue weighted by Gasteiger charge is 2.48. The molecule has 0 radical (unpaired) electrons. The third-order valence-electron chi connectivity index (χ3n) is 6.59. The lowest BCUT2D eigenvalue weighted by atomic mass is 9.99. The SMILES string of the molecule is CCO[C@@H]1[C@@H](OC)[C@H](C)O[C@@H](OC(=O)N(COC)c2ccc(-c3ncn(-c4ccc(OC(F)(F)F)cc4)n3)cc2)[C@@H]1OC. The van der Waals surface area contributed by atoms with Crippen molar-refractivity contribution in [3.05, 3.63) is 54.9 Å². The van der Waals surface area contributed by atoms with E-state index in [0.717, 1.165) is 0 Å². The molecule has 0 aliphatic carbocycles. The van der Waals surface area contributed by atoms with Gasteiger partial charge in [0, 0.05) is 39.2 Å². The fourth-order valence-electron chi connectivity index (χ4n) is 4.66. The van der Waals surface area contributed by atoms with Gasteiger partial charge < -0.3 is 33.2 Å². The summed E-state index contributed by atoms with van der Waals surface area (Å²) in [6.07, 6.45) is -7.31. The van der Waals surface area contributed by atoms with Gasteiger partial charge >= 0.3 is 12.5 Å². The lowest BCUT2D eigenvalue weighted by molar-refractivity contribution is -0.292. The van der Waals surface area contributed by atoms with Gasteiger partial charge in [-0.1, -0.05) is 0 Å². The second-order valence-electron chi connectivity index (χ2n) is 9.36. The number of ether oxygens (including phenoxy) is 7. The van der Waals surface area contributed by atoms with E-state index in [2.05, 4.69) is 14.8 Å². The van der Waals surface area contributed by atoms with Crippen LogP contribution >= 0.6 is 0 Å². The molecule has 2 aromatic carbocycles. The zero-order chi connectivity index (χ0) is 31.1. The Labute approximate surface area is 246 Å². The number of hydrogen-bond donors (Lipinski definition) is 0. The van der Waals surface area contributed by atoms with Gasteiger partial charge in [0.2, 0.25) is 6.29 Å². The standard InChI is InChI=1S/C28H33F3N4O8/c1-6-40-23-22(38-4)17(2)41-26(24(23)39-5)42-27(36)34(16-37-3)19-9-7-18(8-10-19)25-32-15-35(33-25)20-11-13-21(14-12-20)43-28(29,30)31/h7-15,17,22-24,26H,6,16H2,1-5H3/t17-,22-,23+,24+,26-/m0/s1. The molecule has 1 amide bonds. The average Bonchev–Trinajstić information content (AvgIpc) is 3.46. The van der Waals surface area contributed by atoms with Crippen molar-refractivity contribution in [2.24, 2.45) is 0 Å². The van der Waals surface area contributed by atoms with Crippen LogP contribution < -0.4 is 9.64 Å². The number of rotatable bonds is 11. The van der Waals surface area contributed by atoms with Crippen LogP contribution in [-0.2, 0) is 28.4 Å². The molecule has 1 saturated heterocycles. The molecule has 0 N–H and O–H groups in total. The van der Waals surface area contributed by atoms with Crippen molar-refractivity contribution in [1.29, 1.82) is 0 Å². The van der Waals surface area contributed by atoms with Crippen molar-refractivity contribution in [3.63, 3.8) is 0 Å². The predicted molar refractivity (Wildman–Crippen MR) is 146 cm³/mol. The summed E-state index contributed by atoms with van der Waals surface area (Å²) in [7, 11) is 4.47. The largest absolute Gasteiger partial charge is 0.573 e. The number of methoxy groups -OCH3 is 3. The van der Waals surface area contributed by atoms with Crippen molar-refractivity contribution >= 4 is 11.8 Å². The molecule has 0 saturated carbocycles. The van der Waals surface area contributed by atoms with Crippen LogP contribution in [0.2, 0.25) is 0 Å². The van der Waals surface area contributed by atoms with Crippen LogP contribution in [-0.4, -0.2) is 92.6 Å². The summed E-state index contributed by atoms with van der Waals surface area (Å²) in [6.45, 7) is 3.93. The Kier molecular flexibility index (Phi) is 10.6. The molecular formula is C28H33F3N4O8. The van der Waals surface area contributed by atoms with E-state index in [4.69, 9.17) is 28.4 Å². The van der Waals surface area contributed by atoms with Crippen molar-refractivity contribution in [2.45, 2.75) is 50.9 Å². The summed E-state index contributed by atoms with van der Waals surface area (Å²) in [5.41, 5.74) is 1.57. The third-order valence-corrected chi connectivity index (χ3v) is 6.59. The fraction of sp³-hybridized carbons (Fsp3) is 0.464. The van der Waals surface area contributed by atoms with E-state index >= 15 is 0 Å². The van der Waals surface area contributed by atoms with E-state index in [1.54, 1.807) is 38.3 Å². The van der Waals surface area contributed by atoms with Crippen LogP contribution in [0.5, 0.6) is 5.75 Å². The fourth-order valence-corrected chi connectivity index (χ4v) is 4.66. The van der Waals surface area contributed by atoms with Gasteiger partial charge in [0.25, 0.3) is 0 Å². The number of alkyl halides is 3. The van der Waals surface area contributed by atoms with Gasteiger partial charge in [-0.3, -0.25) is 4.90 Å². The molecule has 15 heteroatoms. The average molecular weight is 611 g/mol. The summed E-state index contributed by atoms with van der Waals surface area (Å²) in [5, 5.41) is 4.40. The lowest BCUT2D eigenvalue weighted by Gasteiger charge is -2.43. The molecule has 5 atom stereocenters. The number of carbonyl (C=O) groups excluding carboxylic acids is 1. The van der Waals surface area contributed by atoms with Crippen LogP contribution in [0, 0.1) is 0 Å². The van der Waals surface area contributed by atoms with Gasteiger partial charge in [-0.15, -0.1) is 18.3 Å². The Hall–Kier alpha value is -3.76. The van der Waals surface area contributed by atoms with Crippen LogP contribution in [0.25, 0.3) is 17.1 Å². The van der Waals surface area contributed by atoms with Gasteiger partial charge in [0.1, 0.15) is 37.1 Å². The number of carbonyl (C=O) groups is 1. The Morgan fingerprint density at radius 3 is 2.26 bits per heavy atom. The number of benzene rings is 2. The van der Waals surface area contributed by atoms with Gasteiger partial charge in [-0.25, -0.2) is 14.5 Å². The van der Waals surface area contributed by atoms with Gasteiger partial charge in [0.05, 0.1) is 11.8 Å². The van der Waals surface area contributed by atoms with Crippen molar-refractivity contribution in [3.8, 4) is 22.8 Å². The zero-order valence-corrected chi connectivity index (χ0v) is 24.2. The van der Waals surface area contributed by atoms with Crippen LogP contribution in [0.4, 0.5) is 23.7 Å². The maximum atomic E-state index is 13.3. The molecule has 1 aliphatic heterocycles. The second kappa shape index (κ2) is 14.1. The van der Waals surface area contributed by atoms with Crippen LogP contribution in [0.15, 0.2) is 54.9 Å². The molecule has 12 nitrogen and oxygen atoms in total. The first-order chi connectivity index (χ1) is 20.6. The molecule has 0 spiro atoms. The number of nitrogens with zero attached hydrogens (tertiary/aromatic N) is 4. The molecule has 0 bridgehead atoms. The summed E-state index contributed by atoms with van der Waals surface area (Å²) >= 11 is 0. The quantitative estimate of drug-likeness (QED) is 0.286. The Bertz CT molecular complexity index is 1320. The highest BCUT2D eigenvalue weighted by Crippen LogP contribution is 2.30. The van der Waals surface area contributed by atoms with Gasteiger partial charge in [-0.2, -0.15) is 0 Å². The second-order valence-corrected chi connectivity index (χ2v) is 9.36.